The van der Waals surface area contributed by atoms with E-state index in [0.29, 0.717) is 11.6 Å². The van der Waals surface area contributed by atoms with Crippen LogP contribution in [-0.2, 0) is 11.3 Å². The molecule has 1 amide bonds. The minimum atomic E-state index is -0.345. The highest BCUT2D eigenvalue weighted by Gasteiger charge is 2.66. The predicted molar refractivity (Wildman–Crippen MR) is 78.2 cm³/mol. The highest BCUT2D eigenvalue weighted by molar-refractivity contribution is 9.25. The SMILES string of the molecule is C[C@@]1(C(=O)NCCCn2cc(Cl)cn2)CC1(Br)Br. The van der Waals surface area contributed by atoms with Crippen molar-refractivity contribution in [1.82, 2.24) is 15.1 Å². The molecule has 0 spiro atoms. The molecular weight excluding hydrogens is 385 g/mol. The molecule has 0 bridgehead atoms. The summed E-state index contributed by atoms with van der Waals surface area (Å²) in [5.74, 6) is 0.0785. The van der Waals surface area contributed by atoms with Crippen LogP contribution in [0.15, 0.2) is 12.4 Å². The molecule has 1 aromatic rings. The molecule has 7 heteroatoms. The molecule has 1 aliphatic carbocycles. The van der Waals surface area contributed by atoms with Gasteiger partial charge in [0.2, 0.25) is 5.91 Å². The van der Waals surface area contributed by atoms with Crippen molar-refractivity contribution in [1.29, 1.82) is 0 Å². The van der Waals surface area contributed by atoms with Gasteiger partial charge in [0.25, 0.3) is 0 Å². The molecule has 1 heterocycles. The highest BCUT2D eigenvalue weighted by atomic mass is 79.9. The monoisotopic (exact) mass is 397 g/mol. The number of amides is 1. The fourth-order valence-corrected chi connectivity index (χ4v) is 3.38. The zero-order chi connectivity index (χ0) is 13.4. The highest BCUT2D eigenvalue weighted by Crippen LogP contribution is 2.66. The number of carbonyl (C=O) groups excluding carboxylic acids is 1. The molecule has 1 aliphatic rings. The van der Waals surface area contributed by atoms with Gasteiger partial charge < -0.3 is 5.32 Å². The number of aryl methyl sites for hydroxylation is 1. The van der Waals surface area contributed by atoms with E-state index < -0.39 is 0 Å². The van der Waals surface area contributed by atoms with Gasteiger partial charge in [-0.3, -0.25) is 9.48 Å². The summed E-state index contributed by atoms with van der Waals surface area (Å²) in [5, 5.41) is 7.65. The number of nitrogens with one attached hydrogen (secondary N) is 1. The molecule has 1 saturated carbocycles. The van der Waals surface area contributed by atoms with Crippen LogP contribution in [0, 0.1) is 5.41 Å². The second-order valence-electron chi connectivity index (χ2n) is 4.74. The van der Waals surface area contributed by atoms with Gasteiger partial charge in [0.1, 0.15) is 0 Å². The van der Waals surface area contributed by atoms with E-state index in [2.05, 4.69) is 42.3 Å². The number of nitrogens with zero attached hydrogens (tertiary/aromatic N) is 2. The van der Waals surface area contributed by atoms with Crippen LogP contribution in [0.5, 0.6) is 0 Å². The molecule has 1 atom stereocenters. The van der Waals surface area contributed by atoms with Crippen LogP contribution in [0.1, 0.15) is 19.8 Å². The van der Waals surface area contributed by atoms with E-state index in [-0.39, 0.29) is 14.6 Å². The van der Waals surface area contributed by atoms with E-state index in [9.17, 15) is 4.79 Å². The first kappa shape index (κ1) is 14.3. The van der Waals surface area contributed by atoms with Gasteiger partial charge in [0.05, 0.1) is 19.9 Å². The van der Waals surface area contributed by atoms with Crippen molar-refractivity contribution in [2.24, 2.45) is 5.41 Å². The topological polar surface area (TPSA) is 46.9 Å². The van der Waals surface area contributed by atoms with E-state index in [1.807, 2.05) is 6.92 Å². The molecule has 1 N–H and O–H groups in total. The van der Waals surface area contributed by atoms with Crippen LogP contribution in [0.2, 0.25) is 5.02 Å². The standard InChI is InChI=1S/C11H14Br2ClN3O/c1-10(7-11(10,12)13)9(18)15-3-2-4-17-6-8(14)5-16-17/h5-6H,2-4,7H2,1H3,(H,15,18)/t10-/m0/s1. The molecule has 0 unspecified atom stereocenters. The van der Waals surface area contributed by atoms with Crippen molar-refractivity contribution in [3.8, 4) is 0 Å². The predicted octanol–water partition coefficient (Wildman–Crippen LogP) is 2.94. The van der Waals surface area contributed by atoms with Crippen molar-refractivity contribution in [3.05, 3.63) is 17.4 Å². The quantitative estimate of drug-likeness (QED) is 0.611. The van der Waals surface area contributed by atoms with Gasteiger partial charge in [-0.05, 0) is 19.8 Å². The lowest BCUT2D eigenvalue weighted by Crippen LogP contribution is -2.34. The van der Waals surface area contributed by atoms with Crippen molar-refractivity contribution in [2.75, 3.05) is 6.54 Å². The summed E-state index contributed by atoms with van der Waals surface area (Å²) in [5.41, 5.74) is -0.345. The second-order valence-corrected chi connectivity index (χ2v) is 8.95. The van der Waals surface area contributed by atoms with Crippen molar-refractivity contribution >= 4 is 49.4 Å². The number of aromatic nitrogens is 2. The van der Waals surface area contributed by atoms with Crippen molar-refractivity contribution in [2.45, 2.75) is 29.5 Å². The summed E-state index contributed by atoms with van der Waals surface area (Å²) in [7, 11) is 0. The number of hydrogen-bond acceptors (Lipinski definition) is 2. The Hall–Kier alpha value is -0.0700. The Balaban J connectivity index is 1.69. The molecule has 0 aromatic carbocycles. The summed E-state index contributed by atoms with van der Waals surface area (Å²) in [4.78, 5) is 11.9. The Bertz CT molecular complexity index is 463. The molecule has 0 aliphatic heterocycles. The maximum absolute atomic E-state index is 11.9. The summed E-state index contributed by atoms with van der Waals surface area (Å²) < 4.78 is 1.54. The smallest absolute Gasteiger partial charge is 0.228 e. The van der Waals surface area contributed by atoms with Crippen LogP contribution in [0.4, 0.5) is 0 Å². The van der Waals surface area contributed by atoms with Gasteiger partial charge in [-0.15, -0.1) is 0 Å². The maximum Gasteiger partial charge on any atom is 0.228 e. The van der Waals surface area contributed by atoms with Crippen LogP contribution < -0.4 is 5.32 Å². The zero-order valence-electron chi connectivity index (χ0n) is 9.92. The van der Waals surface area contributed by atoms with Crippen LogP contribution in [-0.4, -0.2) is 25.5 Å². The molecule has 1 aromatic heterocycles. The fraction of sp³-hybridized carbons (Fsp3) is 0.636. The summed E-state index contributed by atoms with van der Waals surface area (Å²) in [6, 6.07) is 0. The van der Waals surface area contributed by atoms with Crippen molar-refractivity contribution < 1.29 is 4.79 Å². The van der Waals surface area contributed by atoms with Crippen LogP contribution in [0.25, 0.3) is 0 Å². The third-order valence-electron chi connectivity index (χ3n) is 3.21. The number of halogens is 3. The Morgan fingerprint density at radius 3 is 2.83 bits per heavy atom. The molecule has 1 fully saturated rings. The van der Waals surface area contributed by atoms with Crippen LogP contribution in [0.3, 0.4) is 0 Å². The zero-order valence-corrected chi connectivity index (χ0v) is 13.8. The van der Waals surface area contributed by atoms with Gasteiger partial charge >= 0.3 is 0 Å². The molecule has 18 heavy (non-hydrogen) atoms. The third-order valence-corrected chi connectivity index (χ3v) is 5.72. The minimum Gasteiger partial charge on any atom is -0.355 e. The largest absolute Gasteiger partial charge is 0.355 e. The van der Waals surface area contributed by atoms with Crippen LogP contribution >= 0.6 is 43.5 Å². The van der Waals surface area contributed by atoms with Gasteiger partial charge in [-0.1, -0.05) is 43.5 Å². The summed E-state index contributed by atoms with van der Waals surface area (Å²) in [6.45, 7) is 3.33. The molecular formula is C11H14Br2ClN3O. The molecule has 2 rings (SSSR count). The van der Waals surface area contributed by atoms with Gasteiger partial charge in [-0.25, -0.2) is 0 Å². The van der Waals surface area contributed by atoms with E-state index in [1.165, 1.54) is 0 Å². The Morgan fingerprint density at radius 2 is 2.33 bits per heavy atom. The van der Waals surface area contributed by atoms with E-state index in [1.54, 1.807) is 17.1 Å². The lowest BCUT2D eigenvalue weighted by atomic mass is 10.1. The first-order chi connectivity index (χ1) is 8.35. The average molecular weight is 400 g/mol. The number of carbonyl (C=O) groups is 1. The summed E-state index contributed by atoms with van der Waals surface area (Å²) in [6.07, 6.45) is 5.01. The molecule has 100 valence electrons. The van der Waals surface area contributed by atoms with Gasteiger partial charge in [0, 0.05) is 19.3 Å². The molecule has 4 nitrogen and oxygen atoms in total. The Kier molecular flexibility index (Phi) is 4.09. The lowest BCUT2D eigenvalue weighted by Gasteiger charge is -2.12. The van der Waals surface area contributed by atoms with E-state index >= 15 is 0 Å². The van der Waals surface area contributed by atoms with E-state index in [4.69, 9.17) is 11.6 Å². The minimum absolute atomic E-state index is 0.0785. The third kappa shape index (κ3) is 2.91. The van der Waals surface area contributed by atoms with E-state index in [0.717, 1.165) is 19.4 Å². The Labute approximate surface area is 128 Å². The van der Waals surface area contributed by atoms with Crippen molar-refractivity contribution in [3.63, 3.8) is 0 Å². The first-order valence-corrected chi connectivity index (χ1v) is 7.66. The van der Waals surface area contributed by atoms with Gasteiger partial charge in [0.15, 0.2) is 0 Å². The number of hydrogen-bond donors (Lipinski definition) is 1. The number of rotatable bonds is 5. The Morgan fingerprint density at radius 1 is 1.67 bits per heavy atom. The normalized spacial score (nSPS) is 24.9. The molecule has 0 saturated heterocycles. The average Bonchev–Trinajstić information content (AvgIpc) is 2.63. The molecule has 0 radical (unpaired) electrons. The number of alkyl halides is 2. The lowest BCUT2D eigenvalue weighted by molar-refractivity contribution is -0.125. The maximum atomic E-state index is 11.9. The fourth-order valence-electron chi connectivity index (χ4n) is 1.74. The van der Waals surface area contributed by atoms with Gasteiger partial charge in [-0.2, -0.15) is 5.10 Å². The summed E-state index contributed by atoms with van der Waals surface area (Å²) >= 11 is 12.7. The first-order valence-electron chi connectivity index (χ1n) is 5.69. The second kappa shape index (κ2) is 5.13.